The van der Waals surface area contributed by atoms with Crippen molar-refractivity contribution in [2.75, 3.05) is 0 Å². The molecule has 0 amide bonds. The lowest BCUT2D eigenvalue weighted by molar-refractivity contribution is 0.0560. The summed E-state index contributed by atoms with van der Waals surface area (Å²) in [5, 5.41) is 18.5. The van der Waals surface area contributed by atoms with Crippen LogP contribution in [-0.2, 0) is 0 Å². The van der Waals surface area contributed by atoms with Gasteiger partial charge in [0.15, 0.2) is 0 Å². The Morgan fingerprint density at radius 2 is 2.06 bits per heavy atom. The third-order valence-corrected chi connectivity index (χ3v) is 2.40. The summed E-state index contributed by atoms with van der Waals surface area (Å²) >= 11 is 5.69. The molecule has 0 saturated heterocycles. The lowest BCUT2D eigenvalue weighted by Crippen LogP contribution is -2.26. The molecule has 88 valence electrons. The lowest BCUT2D eigenvalue weighted by atomic mass is 10.2. The zero-order valence-corrected chi connectivity index (χ0v) is 9.73. The molecular formula is C11H13ClO4. The fourth-order valence-electron chi connectivity index (χ4n) is 1.07. The van der Waals surface area contributed by atoms with Gasteiger partial charge in [-0.1, -0.05) is 11.6 Å². The Morgan fingerprint density at radius 1 is 1.44 bits per heavy atom. The van der Waals surface area contributed by atoms with Crippen molar-refractivity contribution in [3.05, 3.63) is 28.8 Å². The highest BCUT2D eigenvalue weighted by Gasteiger charge is 2.16. The van der Waals surface area contributed by atoms with E-state index in [0.717, 1.165) is 0 Å². The number of hydrogen-bond donors (Lipinski definition) is 2. The van der Waals surface area contributed by atoms with Crippen LogP contribution in [0.25, 0.3) is 0 Å². The van der Waals surface area contributed by atoms with Crippen LogP contribution in [0.2, 0.25) is 5.02 Å². The molecule has 16 heavy (non-hydrogen) atoms. The minimum absolute atomic E-state index is 0.0139. The molecule has 2 N–H and O–H groups in total. The van der Waals surface area contributed by atoms with Crippen molar-refractivity contribution in [2.24, 2.45) is 0 Å². The highest BCUT2D eigenvalue weighted by atomic mass is 35.5. The molecule has 0 saturated carbocycles. The van der Waals surface area contributed by atoms with Gasteiger partial charge >= 0.3 is 5.97 Å². The van der Waals surface area contributed by atoms with Gasteiger partial charge in [0.1, 0.15) is 17.4 Å². The second kappa shape index (κ2) is 5.18. The van der Waals surface area contributed by atoms with E-state index in [1.54, 1.807) is 13.8 Å². The summed E-state index contributed by atoms with van der Waals surface area (Å²) in [5.41, 5.74) is -0.0139. The molecule has 1 aromatic rings. The molecule has 0 aliphatic heterocycles. The minimum atomic E-state index is -1.12. The standard InChI is InChI=1S/C11H13ClO4/c1-6(13)7(2)16-10-4-3-8(12)5-9(10)11(14)15/h3-7,13H,1-2H3,(H,14,15). The Balaban J connectivity index is 2.99. The normalized spacial score (nSPS) is 14.2. The molecule has 0 bridgehead atoms. The third kappa shape index (κ3) is 3.12. The molecule has 1 rings (SSSR count). The van der Waals surface area contributed by atoms with E-state index in [9.17, 15) is 9.90 Å². The van der Waals surface area contributed by atoms with Crippen molar-refractivity contribution in [1.82, 2.24) is 0 Å². The van der Waals surface area contributed by atoms with E-state index < -0.39 is 18.2 Å². The largest absolute Gasteiger partial charge is 0.487 e. The van der Waals surface area contributed by atoms with E-state index >= 15 is 0 Å². The first-order valence-electron chi connectivity index (χ1n) is 4.79. The van der Waals surface area contributed by atoms with E-state index in [4.69, 9.17) is 21.4 Å². The van der Waals surface area contributed by atoms with Crippen molar-refractivity contribution >= 4 is 17.6 Å². The number of ether oxygens (including phenoxy) is 1. The van der Waals surface area contributed by atoms with E-state index in [2.05, 4.69) is 0 Å². The molecule has 2 unspecified atom stereocenters. The highest BCUT2D eigenvalue weighted by Crippen LogP contribution is 2.24. The van der Waals surface area contributed by atoms with Gasteiger partial charge in [-0.2, -0.15) is 0 Å². The van der Waals surface area contributed by atoms with Crippen molar-refractivity contribution in [1.29, 1.82) is 0 Å². The molecular weight excluding hydrogens is 232 g/mol. The number of carboxylic acid groups (broad SMARTS) is 1. The quantitative estimate of drug-likeness (QED) is 0.852. The van der Waals surface area contributed by atoms with Crippen LogP contribution in [0.3, 0.4) is 0 Å². The van der Waals surface area contributed by atoms with Crippen molar-refractivity contribution in [2.45, 2.75) is 26.1 Å². The molecule has 0 heterocycles. The molecule has 0 aliphatic rings. The zero-order valence-electron chi connectivity index (χ0n) is 8.98. The van der Waals surface area contributed by atoms with Gasteiger partial charge in [0.25, 0.3) is 0 Å². The van der Waals surface area contributed by atoms with Crippen LogP contribution in [0.4, 0.5) is 0 Å². The molecule has 0 spiro atoms. The molecule has 4 nitrogen and oxygen atoms in total. The van der Waals surface area contributed by atoms with E-state index in [1.165, 1.54) is 18.2 Å². The first-order chi connectivity index (χ1) is 7.41. The summed E-state index contributed by atoms with van der Waals surface area (Å²) in [4.78, 5) is 10.9. The summed E-state index contributed by atoms with van der Waals surface area (Å²) in [6.45, 7) is 3.23. The number of hydrogen-bond acceptors (Lipinski definition) is 3. The Kier molecular flexibility index (Phi) is 4.15. The number of aliphatic hydroxyl groups is 1. The fraction of sp³-hybridized carbons (Fsp3) is 0.364. The minimum Gasteiger partial charge on any atom is -0.487 e. The number of aliphatic hydroxyl groups excluding tert-OH is 1. The summed E-state index contributed by atoms with van der Waals surface area (Å²) in [6.07, 6.45) is -1.17. The maximum Gasteiger partial charge on any atom is 0.339 e. The van der Waals surface area contributed by atoms with Gasteiger partial charge in [-0.3, -0.25) is 0 Å². The van der Waals surface area contributed by atoms with Crippen LogP contribution in [0.5, 0.6) is 5.75 Å². The van der Waals surface area contributed by atoms with Gasteiger partial charge in [-0.05, 0) is 32.0 Å². The second-order valence-electron chi connectivity index (χ2n) is 3.51. The predicted octanol–water partition coefficient (Wildman–Crippen LogP) is 2.19. The van der Waals surface area contributed by atoms with E-state index in [-0.39, 0.29) is 11.3 Å². The van der Waals surface area contributed by atoms with Gasteiger partial charge in [0.2, 0.25) is 0 Å². The average molecular weight is 245 g/mol. The maximum absolute atomic E-state index is 10.9. The second-order valence-corrected chi connectivity index (χ2v) is 3.95. The van der Waals surface area contributed by atoms with Gasteiger partial charge < -0.3 is 14.9 Å². The van der Waals surface area contributed by atoms with E-state index in [1.807, 2.05) is 0 Å². The average Bonchev–Trinajstić information content (AvgIpc) is 2.20. The zero-order chi connectivity index (χ0) is 12.3. The van der Waals surface area contributed by atoms with Gasteiger partial charge in [0, 0.05) is 5.02 Å². The number of rotatable bonds is 4. The Bertz CT molecular complexity index is 390. The number of carbonyl (C=O) groups is 1. The SMILES string of the molecule is CC(O)C(C)Oc1ccc(Cl)cc1C(=O)O. The summed E-state index contributed by atoms with van der Waals surface area (Å²) < 4.78 is 5.33. The van der Waals surface area contributed by atoms with Crippen LogP contribution in [0.15, 0.2) is 18.2 Å². The first-order valence-corrected chi connectivity index (χ1v) is 5.17. The molecule has 0 radical (unpaired) electrons. The van der Waals surface area contributed by atoms with Gasteiger partial charge in [-0.15, -0.1) is 0 Å². The smallest absolute Gasteiger partial charge is 0.339 e. The van der Waals surface area contributed by atoms with Crippen LogP contribution in [-0.4, -0.2) is 28.4 Å². The van der Waals surface area contributed by atoms with E-state index in [0.29, 0.717) is 5.02 Å². The van der Waals surface area contributed by atoms with Crippen LogP contribution in [0.1, 0.15) is 24.2 Å². The van der Waals surface area contributed by atoms with Gasteiger partial charge in [-0.25, -0.2) is 4.79 Å². The summed E-state index contributed by atoms with van der Waals surface area (Å²) in [5.74, 6) is -0.916. The summed E-state index contributed by atoms with van der Waals surface area (Å²) in [6, 6.07) is 4.33. The predicted molar refractivity (Wildman–Crippen MR) is 60.2 cm³/mol. The number of aromatic carboxylic acids is 1. The van der Waals surface area contributed by atoms with Crippen molar-refractivity contribution < 1.29 is 19.7 Å². The highest BCUT2D eigenvalue weighted by molar-refractivity contribution is 6.31. The number of carboxylic acids is 1. The lowest BCUT2D eigenvalue weighted by Gasteiger charge is -2.18. The first kappa shape index (κ1) is 12.8. The monoisotopic (exact) mass is 244 g/mol. The number of halogens is 1. The van der Waals surface area contributed by atoms with Crippen LogP contribution in [0, 0.1) is 0 Å². The Labute approximate surface area is 98.4 Å². The maximum atomic E-state index is 10.9. The van der Waals surface area contributed by atoms with Crippen LogP contribution >= 0.6 is 11.6 Å². The van der Waals surface area contributed by atoms with Crippen molar-refractivity contribution in [3.8, 4) is 5.75 Å². The number of benzene rings is 1. The molecule has 2 atom stereocenters. The molecule has 0 fully saturated rings. The molecule has 0 aromatic heterocycles. The molecule has 1 aromatic carbocycles. The Morgan fingerprint density at radius 3 is 2.56 bits per heavy atom. The topological polar surface area (TPSA) is 66.8 Å². The molecule has 5 heteroatoms. The third-order valence-electron chi connectivity index (χ3n) is 2.16. The van der Waals surface area contributed by atoms with Crippen LogP contribution < -0.4 is 4.74 Å². The molecule has 0 aliphatic carbocycles. The Hall–Kier alpha value is -1.26. The fourth-order valence-corrected chi connectivity index (χ4v) is 1.24. The van der Waals surface area contributed by atoms with Gasteiger partial charge in [0.05, 0.1) is 6.10 Å². The summed E-state index contributed by atoms with van der Waals surface area (Å²) in [7, 11) is 0. The van der Waals surface area contributed by atoms with Crippen molar-refractivity contribution in [3.63, 3.8) is 0 Å².